The van der Waals surface area contributed by atoms with Gasteiger partial charge in [-0.15, -0.1) is 0 Å². The van der Waals surface area contributed by atoms with Crippen LogP contribution < -0.4 is 5.32 Å². The lowest BCUT2D eigenvalue weighted by molar-refractivity contribution is -0.121. The molecule has 2 rings (SSSR count). The molecule has 0 saturated heterocycles. The Balaban J connectivity index is 2.26. The van der Waals surface area contributed by atoms with E-state index in [0.29, 0.717) is 6.54 Å². The first-order valence-corrected chi connectivity index (χ1v) is 9.34. The summed E-state index contributed by atoms with van der Waals surface area (Å²) < 4.78 is 27.0. The van der Waals surface area contributed by atoms with Crippen molar-refractivity contribution in [2.45, 2.75) is 24.8 Å². The molecule has 0 radical (unpaired) electrons. The van der Waals surface area contributed by atoms with Gasteiger partial charge in [-0.1, -0.05) is 55.5 Å². The van der Waals surface area contributed by atoms with E-state index < -0.39 is 10.0 Å². The summed E-state index contributed by atoms with van der Waals surface area (Å²) in [5.41, 5.74) is 0.834. The van der Waals surface area contributed by atoms with Crippen molar-refractivity contribution < 1.29 is 13.2 Å². The van der Waals surface area contributed by atoms with E-state index in [1.54, 1.807) is 18.2 Å². The van der Waals surface area contributed by atoms with Crippen molar-refractivity contribution in [3.05, 3.63) is 66.2 Å². The van der Waals surface area contributed by atoms with Crippen LogP contribution in [0.5, 0.6) is 0 Å². The van der Waals surface area contributed by atoms with Crippen molar-refractivity contribution >= 4 is 15.9 Å². The van der Waals surface area contributed by atoms with Crippen LogP contribution in [0.4, 0.5) is 0 Å². The fraction of sp³-hybridized carbons (Fsp3) is 0.278. The summed E-state index contributed by atoms with van der Waals surface area (Å²) in [4.78, 5) is 12.2. The van der Waals surface area contributed by atoms with E-state index in [4.69, 9.17) is 0 Å². The van der Waals surface area contributed by atoms with Gasteiger partial charge in [0.05, 0.1) is 11.4 Å². The number of carbonyl (C=O) groups excluding carboxylic acids is 1. The summed E-state index contributed by atoms with van der Waals surface area (Å²) in [6.45, 7) is 2.43. The van der Waals surface area contributed by atoms with E-state index in [0.717, 1.165) is 12.0 Å². The van der Waals surface area contributed by atoms with Gasteiger partial charge in [0, 0.05) is 13.1 Å². The smallest absolute Gasteiger partial charge is 0.243 e. The fourth-order valence-corrected chi connectivity index (χ4v) is 3.64. The first kappa shape index (κ1) is 18.2. The van der Waals surface area contributed by atoms with Gasteiger partial charge in [-0.05, 0) is 24.1 Å². The Morgan fingerprint density at radius 1 is 1.00 bits per heavy atom. The van der Waals surface area contributed by atoms with Crippen LogP contribution in [-0.4, -0.2) is 31.7 Å². The summed E-state index contributed by atoms with van der Waals surface area (Å²) in [6.07, 6.45) is 0.801. The molecule has 0 heterocycles. The van der Waals surface area contributed by atoms with Crippen LogP contribution in [0.25, 0.3) is 0 Å². The molecular weight excluding hydrogens is 324 g/mol. The minimum absolute atomic E-state index is 0.150. The highest BCUT2D eigenvalue weighted by atomic mass is 32.2. The van der Waals surface area contributed by atoms with Crippen molar-refractivity contribution in [2.24, 2.45) is 0 Å². The molecule has 0 fully saturated rings. The summed E-state index contributed by atoms with van der Waals surface area (Å²) in [6, 6.07) is 17.4. The molecule has 24 heavy (non-hydrogen) atoms. The Morgan fingerprint density at radius 2 is 1.58 bits per heavy atom. The van der Waals surface area contributed by atoms with Gasteiger partial charge in [0.25, 0.3) is 0 Å². The number of rotatable bonds is 8. The third-order valence-corrected chi connectivity index (χ3v) is 5.28. The van der Waals surface area contributed by atoms with Crippen LogP contribution in [0.1, 0.15) is 18.9 Å². The van der Waals surface area contributed by atoms with E-state index in [2.05, 4.69) is 5.32 Å². The third kappa shape index (κ3) is 4.91. The first-order valence-electron chi connectivity index (χ1n) is 7.90. The number of nitrogens with one attached hydrogen (secondary N) is 1. The minimum atomic E-state index is -3.75. The highest BCUT2D eigenvalue weighted by Crippen LogP contribution is 2.18. The summed E-state index contributed by atoms with van der Waals surface area (Å²) in [5.74, 6) is -0.299. The van der Waals surface area contributed by atoms with Crippen LogP contribution in [0, 0.1) is 0 Å². The molecule has 6 heteroatoms. The topological polar surface area (TPSA) is 66.5 Å². The first-order chi connectivity index (χ1) is 11.5. The van der Waals surface area contributed by atoms with Gasteiger partial charge in [0.1, 0.15) is 0 Å². The second-order valence-electron chi connectivity index (χ2n) is 5.42. The molecule has 0 aliphatic rings. The maximum absolute atomic E-state index is 12.9. The Hall–Kier alpha value is -2.18. The molecule has 0 aliphatic carbocycles. The van der Waals surface area contributed by atoms with Gasteiger partial charge >= 0.3 is 0 Å². The van der Waals surface area contributed by atoms with E-state index in [1.165, 1.54) is 16.4 Å². The van der Waals surface area contributed by atoms with Crippen molar-refractivity contribution in [3.8, 4) is 0 Å². The Bertz CT molecular complexity index is 746. The van der Waals surface area contributed by atoms with Gasteiger partial charge in [-0.3, -0.25) is 4.79 Å². The number of amides is 1. The van der Waals surface area contributed by atoms with Crippen LogP contribution in [0.2, 0.25) is 0 Å². The molecule has 0 bridgehead atoms. The van der Waals surface area contributed by atoms with Gasteiger partial charge in [-0.25, -0.2) is 8.42 Å². The Morgan fingerprint density at radius 3 is 2.17 bits per heavy atom. The summed E-state index contributed by atoms with van der Waals surface area (Å²) in [5, 5.41) is 2.73. The van der Waals surface area contributed by atoms with Gasteiger partial charge in [0.2, 0.25) is 15.9 Å². The molecule has 1 N–H and O–H groups in total. The van der Waals surface area contributed by atoms with Crippen LogP contribution in [0.15, 0.2) is 65.6 Å². The molecule has 2 aromatic carbocycles. The molecule has 128 valence electrons. The van der Waals surface area contributed by atoms with Crippen molar-refractivity contribution in [3.63, 3.8) is 0 Å². The molecule has 0 spiro atoms. The van der Waals surface area contributed by atoms with Crippen LogP contribution in [0.3, 0.4) is 0 Å². The van der Waals surface area contributed by atoms with E-state index in [-0.39, 0.29) is 23.9 Å². The van der Waals surface area contributed by atoms with Gasteiger partial charge < -0.3 is 5.32 Å². The summed E-state index contributed by atoms with van der Waals surface area (Å²) in [7, 11) is -3.75. The third-order valence-electron chi connectivity index (χ3n) is 3.47. The molecule has 0 atom stereocenters. The monoisotopic (exact) mass is 346 g/mol. The fourth-order valence-electron chi connectivity index (χ4n) is 2.23. The summed E-state index contributed by atoms with van der Waals surface area (Å²) >= 11 is 0. The van der Waals surface area contributed by atoms with Crippen molar-refractivity contribution in [1.82, 2.24) is 9.62 Å². The largest absolute Gasteiger partial charge is 0.355 e. The average molecular weight is 346 g/mol. The van der Waals surface area contributed by atoms with Crippen molar-refractivity contribution in [1.29, 1.82) is 0 Å². The van der Waals surface area contributed by atoms with E-state index >= 15 is 0 Å². The number of hydrogen-bond donors (Lipinski definition) is 1. The quantitative estimate of drug-likeness (QED) is 0.798. The second-order valence-corrected chi connectivity index (χ2v) is 7.36. The number of benzene rings is 2. The lowest BCUT2D eigenvalue weighted by Crippen LogP contribution is -2.40. The van der Waals surface area contributed by atoms with Crippen molar-refractivity contribution in [2.75, 3.05) is 13.1 Å². The van der Waals surface area contributed by atoms with Gasteiger partial charge in [0.15, 0.2) is 0 Å². The Kier molecular flexibility index (Phi) is 6.52. The molecule has 0 unspecified atom stereocenters. The van der Waals surface area contributed by atoms with Crippen LogP contribution in [-0.2, 0) is 21.4 Å². The number of carbonyl (C=O) groups is 1. The molecular formula is C18H22N2O3S. The number of nitrogens with zero attached hydrogens (tertiary/aromatic N) is 1. The Labute approximate surface area is 143 Å². The maximum Gasteiger partial charge on any atom is 0.243 e. The normalized spacial score (nSPS) is 11.4. The van der Waals surface area contributed by atoms with E-state index in [1.807, 2.05) is 37.3 Å². The SMILES string of the molecule is CCCNC(=O)CN(Cc1ccccc1)S(=O)(=O)c1ccccc1. The molecule has 5 nitrogen and oxygen atoms in total. The minimum Gasteiger partial charge on any atom is -0.355 e. The predicted octanol–water partition coefficient (Wildman–Crippen LogP) is 2.40. The molecule has 1 amide bonds. The zero-order chi connectivity index (χ0) is 17.4. The molecule has 0 aromatic heterocycles. The zero-order valence-electron chi connectivity index (χ0n) is 13.7. The van der Waals surface area contributed by atoms with Gasteiger partial charge in [-0.2, -0.15) is 4.31 Å². The standard InChI is InChI=1S/C18H22N2O3S/c1-2-13-19-18(21)15-20(14-16-9-5-3-6-10-16)24(22,23)17-11-7-4-8-12-17/h3-12H,2,13-15H2,1H3,(H,19,21). The highest BCUT2D eigenvalue weighted by Gasteiger charge is 2.26. The van der Waals surface area contributed by atoms with Crippen LogP contribution >= 0.6 is 0 Å². The maximum atomic E-state index is 12.9. The molecule has 0 saturated carbocycles. The number of hydrogen-bond acceptors (Lipinski definition) is 3. The predicted molar refractivity (Wildman–Crippen MR) is 93.8 cm³/mol. The molecule has 0 aliphatic heterocycles. The lowest BCUT2D eigenvalue weighted by Gasteiger charge is -2.22. The molecule has 2 aromatic rings. The lowest BCUT2D eigenvalue weighted by atomic mass is 10.2. The van der Waals surface area contributed by atoms with E-state index in [9.17, 15) is 13.2 Å². The number of sulfonamides is 1. The average Bonchev–Trinajstić information content (AvgIpc) is 2.61. The zero-order valence-corrected chi connectivity index (χ0v) is 14.5. The second kappa shape index (κ2) is 8.61. The highest BCUT2D eigenvalue weighted by molar-refractivity contribution is 7.89.